The van der Waals surface area contributed by atoms with Crippen molar-refractivity contribution in [3.63, 3.8) is 0 Å². The van der Waals surface area contributed by atoms with Gasteiger partial charge in [0.2, 0.25) is 5.91 Å². The number of carbonyl (C=O) groups excluding carboxylic acids is 2. The molecule has 1 atom stereocenters. The summed E-state index contributed by atoms with van der Waals surface area (Å²) in [5.41, 5.74) is 1.94. The molecule has 2 aromatic rings. The smallest absolute Gasteiger partial charge is 0.263 e. The fourth-order valence-corrected chi connectivity index (χ4v) is 4.52. The molecule has 1 aliphatic heterocycles. The molecule has 0 saturated heterocycles. The summed E-state index contributed by atoms with van der Waals surface area (Å²) in [7, 11) is 0. The van der Waals surface area contributed by atoms with Crippen LogP contribution < -0.4 is 10.8 Å². The Morgan fingerprint density at radius 3 is 2.81 bits per heavy atom. The minimum absolute atomic E-state index is 0.0301. The van der Waals surface area contributed by atoms with Crippen LogP contribution in [0.15, 0.2) is 52.5 Å². The van der Waals surface area contributed by atoms with Crippen LogP contribution in [0.25, 0.3) is 0 Å². The zero-order chi connectivity index (χ0) is 18.8. The summed E-state index contributed by atoms with van der Waals surface area (Å²) in [6.45, 7) is 1.88. The molecule has 2 aliphatic rings. The second-order valence-corrected chi connectivity index (χ2v) is 8.50. The van der Waals surface area contributed by atoms with E-state index < -0.39 is 0 Å². The van der Waals surface area contributed by atoms with Gasteiger partial charge in [0.25, 0.3) is 5.91 Å². The van der Waals surface area contributed by atoms with Crippen LogP contribution in [0.5, 0.6) is 0 Å². The van der Waals surface area contributed by atoms with Crippen molar-refractivity contribution in [2.24, 2.45) is 4.99 Å². The molecule has 0 radical (unpaired) electrons. The number of thioether (sulfide) groups is 1. The molecule has 1 N–H and O–H groups in total. The third-order valence-electron chi connectivity index (χ3n) is 5.10. The summed E-state index contributed by atoms with van der Waals surface area (Å²) < 4.78 is 1.61. The molecule has 1 unspecified atom stereocenters. The van der Waals surface area contributed by atoms with E-state index >= 15 is 0 Å². The minimum Gasteiger partial charge on any atom is -0.324 e. The van der Waals surface area contributed by atoms with Gasteiger partial charge in [-0.1, -0.05) is 25.3 Å². The molecule has 1 aliphatic carbocycles. The van der Waals surface area contributed by atoms with Crippen LogP contribution in [0.2, 0.25) is 0 Å². The Kier molecular flexibility index (Phi) is 5.16. The predicted molar refractivity (Wildman–Crippen MR) is 107 cm³/mol. The first kappa shape index (κ1) is 18.0. The van der Waals surface area contributed by atoms with E-state index in [1.807, 2.05) is 37.3 Å². The van der Waals surface area contributed by atoms with Crippen molar-refractivity contribution in [2.45, 2.75) is 55.2 Å². The van der Waals surface area contributed by atoms with Gasteiger partial charge in [0.05, 0.1) is 17.0 Å². The number of carbonyl (C=O) groups is 2. The van der Waals surface area contributed by atoms with E-state index in [0.29, 0.717) is 22.8 Å². The van der Waals surface area contributed by atoms with Crippen LogP contribution in [-0.2, 0) is 4.79 Å². The van der Waals surface area contributed by atoms with Gasteiger partial charge in [0, 0.05) is 16.7 Å². The van der Waals surface area contributed by atoms with Crippen molar-refractivity contribution in [1.82, 2.24) is 4.57 Å². The summed E-state index contributed by atoms with van der Waals surface area (Å²) in [6.07, 6.45) is 7.62. The highest BCUT2D eigenvalue weighted by molar-refractivity contribution is 8.00. The second-order valence-electron chi connectivity index (χ2n) is 7.12. The fourth-order valence-electron chi connectivity index (χ4n) is 3.59. The van der Waals surface area contributed by atoms with Crippen LogP contribution in [0.3, 0.4) is 0 Å². The summed E-state index contributed by atoms with van der Waals surface area (Å²) in [5, 5.41) is 2.77. The van der Waals surface area contributed by atoms with Crippen LogP contribution in [-0.4, -0.2) is 27.7 Å². The number of hydrogen-bond acceptors (Lipinski definition) is 4. The van der Waals surface area contributed by atoms with Gasteiger partial charge in [0.1, 0.15) is 5.49 Å². The van der Waals surface area contributed by atoms with E-state index in [9.17, 15) is 9.59 Å². The number of benzene rings is 1. The standard InChI is InChI=1S/C21H23N3O2S/c1-14-20(25)23-17-13-15(10-11-18(17)27-14)21(26)24-12-6-5-9-19(24)22-16-7-3-2-4-8-16/h5-6,9-14,16H,2-4,7-8H2,1H3,(H,23,25). The van der Waals surface area contributed by atoms with Gasteiger partial charge >= 0.3 is 0 Å². The molecule has 4 rings (SSSR count). The van der Waals surface area contributed by atoms with Gasteiger partial charge in [-0.3, -0.25) is 19.1 Å². The van der Waals surface area contributed by atoms with Gasteiger partial charge in [0.15, 0.2) is 0 Å². The van der Waals surface area contributed by atoms with E-state index in [4.69, 9.17) is 4.99 Å². The van der Waals surface area contributed by atoms with E-state index in [-0.39, 0.29) is 17.1 Å². The van der Waals surface area contributed by atoms with Gasteiger partial charge in [-0.05, 0) is 50.1 Å². The molecular weight excluding hydrogens is 358 g/mol. The average Bonchev–Trinajstić information content (AvgIpc) is 2.69. The second kappa shape index (κ2) is 7.72. The van der Waals surface area contributed by atoms with E-state index in [1.54, 1.807) is 16.8 Å². The highest BCUT2D eigenvalue weighted by Crippen LogP contribution is 2.36. The first-order valence-electron chi connectivity index (χ1n) is 9.49. The van der Waals surface area contributed by atoms with Crippen molar-refractivity contribution in [3.8, 4) is 0 Å². The maximum atomic E-state index is 13.1. The van der Waals surface area contributed by atoms with Crippen molar-refractivity contribution in [2.75, 3.05) is 5.32 Å². The lowest BCUT2D eigenvalue weighted by molar-refractivity contribution is -0.115. The molecule has 1 amide bonds. The third-order valence-corrected chi connectivity index (χ3v) is 6.28. The normalized spacial score (nSPS) is 20.9. The lowest BCUT2D eigenvalue weighted by Gasteiger charge is -2.22. The molecule has 2 heterocycles. The van der Waals surface area contributed by atoms with Gasteiger partial charge in [-0.25, -0.2) is 0 Å². The van der Waals surface area contributed by atoms with Crippen molar-refractivity contribution in [3.05, 3.63) is 53.6 Å². The number of fused-ring (bicyclic) bond motifs is 1. The molecule has 5 nitrogen and oxygen atoms in total. The molecular formula is C21H23N3O2S. The van der Waals surface area contributed by atoms with Gasteiger partial charge < -0.3 is 5.32 Å². The summed E-state index contributed by atoms with van der Waals surface area (Å²) in [5.74, 6) is -0.164. The van der Waals surface area contributed by atoms with Crippen LogP contribution in [0.1, 0.15) is 49.4 Å². The zero-order valence-electron chi connectivity index (χ0n) is 15.4. The topological polar surface area (TPSA) is 63.5 Å². The quantitative estimate of drug-likeness (QED) is 0.860. The molecule has 1 aromatic heterocycles. The molecule has 0 bridgehead atoms. The number of anilines is 1. The monoisotopic (exact) mass is 381 g/mol. The number of hydrogen-bond donors (Lipinski definition) is 1. The Morgan fingerprint density at radius 2 is 2.00 bits per heavy atom. The summed E-state index contributed by atoms with van der Waals surface area (Å²) in [4.78, 5) is 30.9. The first-order valence-corrected chi connectivity index (χ1v) is 10.4. The molecule has 0 spiro atoms. The molecule has 1 fully saturated rings. The molecule has 1 saturated carbocycles. The molecule has 140 valence electrons. The number of pyridine rings is 1. The van der Waals surface area contributed by atoms with Gasteiger partial charge in [-0.2, -0.15) is 0 Å². The molecule has 6 heteroatoms. The maximum absolute atomic E-state index is 13.1. The Hall–Kier alpha value is -2.34. The Morgan fingerprint density at radius 1 is 1.19 bits per heavy atom. The minimum atomic E-state index is -0.133. The Balaban J connectivity index is 1.67. The number of rotatable bonds is 2. The van der Waals surface area contributed by atoms with Crippen molar-refractivity contribution < 1.29 is 9.59 Å². The number of aromatic nitrogens is 1. The van der Waals surface area contributed by atoms with Crippen LogP contribution in [0.4, 0.5) is 5.69 Å². The summed E-state index contributed by atoms with van der Waals surface area (Å²) >= 11 is 1.51. The van der Waals surface area contributed by atoms with Crippen molar-refractivity contribution >= 4 is 29.3 Å². The maximum Gasteiger partial charge on any atom is 0.263 e. The predicted octanol–water partition coefficient (Wildman–Crippen LogP) is 3.84. The van der Waals surface area contributed by atoms with E-state index in [2.05, 4.69) is 5.32 Å². The lowest BCUT2D eigenvalue weighted by atomic mass is 9.96. The largest absolute Gasteiger partial charge is 0.324 e. The van der Waals surface area contributed by atoms with Crippen LogP contribution in [0, 0.1) is 0 Å². The summed E-state index contributed by atoms with van der Waals surface area (Å²) in [6, 6.07) is 11.4. The molecule has 1 aromatic carbocycles. The fraction of sp³-hybridized carbons (Fsp3) is 0.381. The first-order chi connectivity index (χ1) is 13.1. The number of amides is 1. The third kappa shape index (κ3) is 3.86. The van der Waals surface area contributed by atoms with E-state index in [1.165, 1.54) is 31.0 Å². The average molecular weight is 382 g/mol. The highest BCUT2D eigenvalue weighted by Gasteiger charge is 2.24. The highest BCUT2D eigenvalue weighted by atomic mass is 32.2. The lowest BCUT2D eigenvalue weighted by Crippen LogP contribution is -2.30. The Bertz CT molecular complexity index is 944. The zero-order valence-corrected chi connectivity index (χ0v) is 16.2. The molecule has 27 heavy (non-hydrogen) atoms. The Labute approximate surface area is 162 Å². The van der Waals surface area contributed by atoms with Crippen LogP contribution >= 0.6 is 11.8 Å². The SMILES string of the molecule is CC1Sc2ccc(C(=O)n3ccccc3=NC3CCCCC3)cc2NC1=O. The number of nitrogens with one attached hydrogen (secondary N) is 1. The van der Waals surface area contributed by atoms with E-state index in [0.717, 1.165) is 17.7 Å². The van der Waals surface area contributed by atoms with Crippen molar-refractivity contribution in [1.29, 1.82) is 0 Å². The van der Waals surface area contributed by atoms with Gasteiger partial charge in [-0.15, -0.1) is 11.8 Å². The number of nitrogens with zero attached hydrogens (tertiary/aromatic N) is 2.